The molecule has 1 aromatic heterocycles. The number of nitrogens with zero attached hydrogens (tertiary/aromatic N) is 2. The van der Waals surface area contributed by atoms with Gasteiger partial charge in [0.1, 0.15) is 0 Å². The van der Waals surface area contributed by atoms with E-state index in [9.17, 15) is 9.90 Å². The minimum absolute atomic E-state index is 0.00392. The van der Waals surface area contributed by atoms with Crippen LogP contribution in [0.15, 0.2) is 17.1 Å². The highest BCUT2D eigenvalue weighted by atomic mass is 16.5. The van der Waals surface area contributed by atoms with Gasteiger partial charge in [-0.05, 0) is 25.9 Å². The number of aliphatic hydroxyl groups excluding tert-OH is 1. The molecule has 20 heavy (non-hydrogen) atoms. The first-order valence-electron chi connectivity index (χ1n) is 7.04. The van der Waals surface area contributed by atoms with Gasteiger partial charge in [0.05, 0.1) is 26.0 Å². The van der Waals surface area contributed by atoms with Crippen LogP contribution in [0.25, 0.3) is 0 Å². The zero-order valence-electron chi connectivity index (χ0n) is 11.6. The van der Waals surface area contributed by atoms with Crippen LogP contribution in [0.1, 0.15) is 18.5 Å². The molecule has 0 bridgehead atoms. The van der Waals surface area contributed by atoms with E-state index in [1.54, 1.807) is 0 Å². The molecule has 2 heterocycles. The lowest BCUT2D eigenvalue weighted by Gasteiger charge is -2.19. The second-order valence-electron chi connectivity index (χ2n) is 5.03. The Morgan fingerprint density at radius 2 is 2.00 bits per heavy atom. The van der Waals surface area contributed by atoms with E-state index >= 15 is 0 Å². The van der Waals surface area contributed by atoms with Crippen molar-refractivity contribution in [1.29, 1.82) is 0 Å². The van der Waals surface area contributed by atoms with Crippen LogP contribution in [-0.4, -0.2) is 52.6 Å². The van der Waals surface area contributed by atoms with E-state index in [0.717, 1.165) is 25.3 Å². The largest absolute Gasteiger partial charge is 0.503 e. The van der Waals surface area contributed by atoms with Gasteiger partial charge in [0, 0.05) is 24.8 Å². The van der Waals surface area contributed by atoms with Crippen molar-refractivity contribution >= 4 is 0 Å². The van der Waals surface area contributed by atoms with E-state index in [4.69, 9.17) is 9.84 Å². The summed E-state index contributed by atoms with van der Waals surface area (Å²) in [6.07, 6.45) is 3.86. The second kappa shape index (κ2) is 7.42. The van der Waals surface area contributed by atoms with E-state index in [0.29, 0.717) is 19.8 Å². The van der Waals surface area contributed by atoms with Gasteiger partial charge in [-0.1, -0.05) is 0 Å². The zero-order chi connectivity index (χ0) is 14.4. The third-order valence-corrected chi connectivity index (χ3v) is 3.49. The molecule has 1 aliphatic heterocycles. The molecule has 6 heteroatoms. The average Bonchev–Trinajstić information content (AvgIpc) is 2.93. The highest BCUT2D eigenvalue weighted by molar-refractivity contribution is 5.20. The van der Waals surface area contributed by atoms with Gasteiger partial charge < -0.3 is 19.5 Å². The van der Waals surface area contributed by atoms with Crippen LogP contribution in [-0.2, 0) is 17.8 Å². The molecule has 0 atom stereocenters. The lowest BCUT2D eigenvalue weighted by Crippen LogP contribution is -2.24. The lowest BCUT2D eigenvalue weighted by molar-refractivity contribution is 0.0861. The Balaban J connectivity index is 2.06. The van der Waals surface area contributed by atoms with Crippen LogP contribution < -0.4 is 5.43 Å². The SMILES string of the molecule is O=c1cc(CN2CCCC2)n(CCOCCO)cc1O. The summed E-state index contributed by atoms with van der Waals surface area (Å²) in [7, 11) is 0. The molecular weight excluding hydrogens is 260 g/mol. The monoisotopic (exact) mass is 282 g/mol. The fraction of sp³-hybridized carbons (Fsp3) is 0.643. The van der Waals surface area contributed by atoms with Gasteiger partial charge in [-0.25, -0.2) is 0 Å². The lowest BCUT2D eigenvalue weighted by atomic mass is 10.3. The van der Waals surface area contributed by atoms with Gasteiger partial charge in [-0.3, -0.25) is 9.69 Å². The second-order valence-corrected chi connectivity index (χ2v) is 5.03. The van der Waals surface area contributed by atoms with Gasteiger partial charge in [0.15, 0.2) is 5.75 Å². The summed E-state index contributed by atoms with van der Waals surface area (Å²) in [5, 5.41) is 18.2. The maximum Gasteiger partial charge on any atom is 0.223 e. The molecule has 0 aliphatic carbocycles. The number of rotatable bonds is 7. The number of aromatic nitrogens is 1. The van der Waals surface area contributed by atoms with Crippen LogP contribution in [0, 0.1) is 0 Å². The molecule has 2 rings (SSSR count). The highest BCUT2D eigenvalue weighted by Gasteiger charge is 2.14. The molecule has 1 fully saturated rings. The minimum atomic E-state index is -0.341. The van der Waals surface area contributed by atoms with Crippen LogP contribution in [0.3, 0.4) is 0 Å². The molecule has 0 aromatic carbocycles. The van der Waals surface area contributed by atoms with Crippen molar-refractivity contribution in [2.45, 2.75) is 25.9 Å². The van der Waals surface area contributed by atoms with Gasteiger partial charge in [-0.2, -0.15) is 0 Å². The third kappa shape index (κ3) is 4.06. The molecule has 0 saturated carbocycles. The van der Waals surface area contributed by atoms with Crippen molar-refractivity contribution in [3.63, 3.8) is 0 Å². The molecule has 1 aromatic rings. The maximum absolute atomic E-state index is 11.6. The highest BCUT2D eigenvalue weighted by Crippen LogP contribution is 2.13. The first-order chi connectivity index (χ1) is 9.70. The standard InChI is InChI=1S/C14H22N2O4/c17-6-8-20-7-5-16-11-14(19)13(18)9-12(16)10-15-3-1-2-4-15/h9,11,17,19H,1-8,10H2. The first-order valence-corrected chi connectivity index (χ1v) is 7.04. The Hall–Kier alpha value is -1.37. The Labute approximate surface area is 118 Å². The van der Waals surface area contributed by atoms with Crippen LogP contribution >= 0.6 is 0 Å². The van der Waals surface area contributed by atoms with E-state index in [1.807, 2.05) is 4.57 Å². The molecule has 112 valence electrons. The number of hydrogen-bond donors (Lipinski definition) is 2. The van der Waals surface area contributed by atoms with Crippen LogP contribution in [0.2, 0.25) is 0 Å². The normalized spacial score (nSPS) is 15.8. The summed E-state index contributed by atoms with van der Waals surface area (Å²) >= 11 is 0. The quantitative estimate of drug-likeness (QED) is 0.697. The summed E-state index contributed by atoms with van der Waals surface area (Å²) in [5.74, 6) is -0.239. The molecule has 1 aliphatic rings. The van der Waals surface area contributed by atoms with Crippen LogP contribution in [0.4, 0.5) is 0 Å². The predicted octanol–water partition coefficient (Wildman–Crippen LogP) is 0.159. The molecule has 1 saturated heterocycles. The molecule has 2 N–H and O–H groups in total. The number of aliphatic hydroxyl groups is 1. The van der Waals surface area contributed by atoms with E-state index in [1.165, 1.54) is 25.1 Å². The summed E-state index contributed by atoms with van der Waals surface area (Å²) in [6, 6.07) is 1.50. The zero-order valence-corrected chi connectivity index (χ0v) is 11.6. The molecular formula is C14H22N2O4. The molecule has 0 amide bonds. The van der Waals surface area contributed by atoms with E-state index in [2.05, 4.69) is 4.90 Å². The van der Waals surface area contributed by atoms with Crippen molar-refractivity contribution in [1.82, 2.24) is 9.47 Å². The maximum atomic E-state index is 11.6. The van der Waals surface area contributed by atoms with Crippen LogP contribution in [0.5, 0.6) is 5.75 Å². The van der Waals surface area contributed by atoms with Gasteiger partial charge in [0.2, 0.25) is 5.43 Å². The number of pyridine rings is 1. The molecule has 6 nitrogen and oxygen atoms in total. The van der Waals surface area contributed by atoms with E-state index in [-0.39, 0.29) is 17.8 Å². The van der Waals surface area contributed by atoms with Gasteiger partial charge in [0.25, 0.3) is 0 Å². The first kappa shape index (κ1) is 15.0. The Bertz CT molecular complexity index is 481. The Kier molecular flexibility index (Phi) is 5.58. The van der Waals surface area contributed by atoms with Gasteiger partial charge in [-0.15, -0.1) is 0 Å². The fourth-order valence-electron chi connectivity index (χ4n) is 2.45. The number of likely N-dealkylation sites (tertiary alicyclic amines) is 1. The summed E-state index contributed by atoms with van der Waals surface area (Å²) in [5.41, 5.74) is 0.550. The summed E-state index contributed by atoms with van der Waals surface area (Å²) in [4.78, 5) is 13.9. The number of ether oxygens (including phenoxy) is 1. The molecule has 0 radical (unpaired) electrons. The third-order valence-electron chi connectivity index (χ3n) is 3.49. The Morgan fingerprint density at radius 3 is 2.70 bits per heavy atom. The predicted molar refractivity (Wildman–Crippen MR) is 74.8 cm³/mol. The topological polar surface area (TPSA) is 74.9 Å². The average molecular weight is 282 g/mol. The summed E-state index contributed by atoms with van der Waals surface area (Å²) in [6.45, 7) is 4.11. The van der Waals surface area contributed by atoms with Crippen molar-refractivity contribution < 1.29 is 14.9 Å². The van der Waals surface area contributed by atoms with E-state index < -0.39 is 0 Å². The van der Waals surface area contributed by atoms with Crippen molar-refractivity contribution in [3.8, 4) is 5.75 Å². The smallest absolute Gasteiger partial charge is 0.223 e. The molecule has 0 spiro atoms. The number of aromatic hydroxyl groups is 1. The minimum Gasteiger partial charge on any atom is -0.503 e. The number of hydrogen-bond acceptors (Lipinski definition) is 5. The van der Waals surface area contributed by atoms with Crippen molar-refractivity contribution in [2.75, 3.05) is 32.9 Å². The van der Waals surface area contributed by atoms with Crippen molar-refractivity contribution in [3.05, 3.63) is 28.2 Å². The fourth-order valence-corrected chi connectivity index (χ4v) is 2.45. The van der Waals surface area contributed by atoms with Crippen molar-refractivity contribution in [2.24, 2.45) is 0 Å². The molecule has 0 unspecified atom stereocenters. The Morgan fingerprint density at radius 1 is 1.25 bits per heavy atom. The van der Waals surface area contributed by atoms with Gasteiger partial charge >= 0.3 is 0 Å². The summed E-state index contributed by atoms with van der Waals surface area (Å²) < 4.78 is 7.09.